The van der Waals surface area contributed by atoms with E-state index in [2.05, 4.69) is 46.6 Å². The molecule has 0 unspecified atom stereocenters. The summed E-state index contributed by atoms with van der Waals surface area (Å²) in [6, 6.07) is 0. The van der Waals surface area contributed by atoms with Gasteiger partial charge in [-0.05, 0) is 22.9 Å². The second kappa shape index (κ2) is 4.35. The molecule has 2 aromatic heterocycles. The van der Waals surface area contributed by atoms with Crippen LogP contribution in [-0.2, 0) is 6.54 Å². The van der Waals surface area contributed by atoms with Gasteiger partial charge in [-0.2, -0.15) is 15.4 Å². The van der Waals surface area contributed by atoms with Crippen molar-refractivity contribution in [2.24, 2.45) is 0 Å². The third kappa shape index (κ3) is 2.50. The fourth-order valence-corrected chi connectivity index (χ4v) is 1.40. The number of rotatable bonds is 3. The van der Waals surface area contributed by atoms with E-state index in [1.54, 1.807) is 12.4 Å². The van der Waals surface area contributed by atoms with Gasteiger partial charge >= 0.3 is 0 Å². The number of nitrogens with one attached hydrogen (secondary N) is 2. The van der Waals surface area contributed by atoms with E-state index in [9.17, 15) is 0 Å². The predicted molar refractivity (Wildman–Crippen MR) is 58.2 cm³/mol. The number of H-pyrrole nitrogens is 1. The van der Waals surface area contributed by atoms with E-state index < -0.39 is 0 Å². The quantitative estimate of drug-likeness (QED) is 0.877. The van der Waals surface area contributed by atoms with Crippen LogP contribution in [0.2, 0.25) is 0 Å². The molecule has 2 aromatic rings. The lowest BCUT2D eigenvalue weighted by Crippen LogP contribution is -2.04. The summed E-state index contributed by atoms with van der Waals surface area (Å²) in [5.41, 5.74) is 0.832. The van der Waals surface area contributed by atoms with Crippen molar-refractivity contribution >= 4 is 21.7 Å². The first-order valence-electron chi connectivity index (χ1n) is 4.33. The Morgan fingerprint density at radius 2 is 2.33 bits per heavy atom. The average molecular weight is 269 g/mol. The van der Waals surface area contributed by atoms with Crippen LogP contribution in [0.5, 0.6) is 0 Å². The number of halogens is 1. The van der Waals surface area contributed by atoms with E-state index in [0.29, 0.717) is 6.54 Å². The van der Waals surface area contributed by atoms with Crippen molar-refractivity contribution in [3.8, 4) is 0 Å². The van der Waals surface area contributed by atoms with Gasteiger partial charge in [0.2, 0.25) is 0 Å². The molecule has 0 atom stereocenters. The van der Waals surface area contributed by atoms with Crippen molar-refractivity contribution in [1.29, 1.82) is 0 Å². The third-order valence-corrected chi connectivity index (χ3v) is 2.35. The highest BCUT2D eigenvalue weighted by Crippen LogP contribution is 2.18. The molecule has 7 heteroatoms. The van der Waals surface area contributed by atoms with Crippen LogP contribution >= 0.6 is 15.9 Å². The van der Waals surface area contributed by atoms with E-state index in [0.717, 1.165) is 21.8 Å². The number of aryl methyl sites for hydroxylation is 1. The second-order valence-corrected chi connectivity index (χ2v) is 3.78. The largest absolute Gasteiger partial charge is 0.363 e. The molecule has 0 aliphatic heterocycles. The molecule has 78 valence electrons. The van der Waals surface area contributed by atoms with Crippen LogP contribution in [-0.4, -0.2) is 25.4 Å². The zero-order chi connectivity index (χ0) is 10.7. The molecule has 15 heavy (non-hydrogen) atoms. The summed E-state index contributed by atoms with van der Waals surface area (Å²) in [6.45, 7) is 2.42. The number of aromatic amines is 1. The standard InChI is InChI=1S/C8H9BrN6/c1-5-10-4-7(9)8(13-5)11-2-6-3-12-15-14-6/h3-4H,2H2,1H3,(H,10,11,13)(H,12,14,15). The Hall–Kier alpha value is -1.50. The number of anilines is 1. The zero-order valence-electron chi connectivity index (χ0n) is 8.03. The van der Waals surface area contributed by atoms with Crippen molar-refractivity contribution in [1.82, 2.24) is 25.4 Å². The summed E-state index contributed by atoms with van der Waals surface area (Å²) in [4.78, 5) is 8.30. The molecular weight excluding hydrogens is 260 g/mol. The van der Waals surface area contributed by atoms with E-state index in [1.165, 1.54) is 0 Å². The van der Waals surface area contributed by atoms with E-state index in [-0.39, 0.29) is 0 Å². The molecule has 0 aromatic carbocycles. The lowest BCUT2D eigenvalue weighted by atomic mass is 10.4. The molecule has 0 radical (unpaired) electrons. The Kier molecular flexibility index (Phi) is 2.91. The van der Waals surface area contributed by atoms with Gasteiger partial charge in [0.15, 0.2) is 0 Å². The minimum Gasteiger partial charge on any atom is -0.363 e. The number of nitrogens with zero attached hydrogens (tertiary/aromatic N) is 4. The molecule has 0 saturated heterocycles. The Balaban J connectivity index is 2.07. The Morgan fingerprint density at radius 1 is 1.47 bits per heavy atom. The van der Waals surface area contributed by atoms with Crippen LogP contribution in [0.3, 0.4) is 0 Å². The summed E-state index contributed by atoms with van der Waals surface area (Å²) in [7, 11) is 0. The van der Waals surface area contributed by atoms with E-state index in [4.69, 9.17) is 0 Å². The van der Waals surface area contributed by atoms with Gasteiger partial charge in [0.25, 0.3) is 0 Å². The monoisotopic (exact) mass is 268 g/mol. The number of aromatic nitrogens is 5. The highest BCUT2D eigenvalue weighted by Gasteiger charge is 2.03. The van der Waals surface area contributed by atoms with Crippen LogP contribution in [0.25, 0.3) is 0 Å². The summed E-state index contributed by atoms with van der Waals surface area (Å²) in [5, 5.41) is 13.3. The first-order chi connectivity index (χ1) is 7.25. The molecule has 2 N–H and O–H groups in total. The Bertz CT molecular complexity index is 440. The smallest absolute Gasteiger partial charge is 0.144 e. The molecular formula is C8H9BrN6. The van der Waals surface area contributed by atoms with Crippen molar-refractivity contribution in [2.45, 2.75) is 13.5 Å². The lowest BCUT2D eigenvalue weighted by molar-refractivity contribution is 0.906. The summed E-state index contributed by atoms with van der Waals surface area (Å²) >= 11 is 3.36. The fourth-order valence-electron chi connectivity index (χ4n) is 1.06. The molecule has 0 saturated carbocycles. The Morgan fingerprint density at radius 3 is 3.07 bits per heavy atom. The maximum absolute atomic E-state index is 4.24. The minimum atomic E-state index is 0.575. The summed E-state index contributed by atoms with van der Waals surface area (Å²) in [6.07, 6.45) is 3.38. The number of hydrogen-bond donors (Lipinski definition) is 2. The molecule has 0 spiro atoms. The van der Waals surface area contributed by atoms with Crippen molar-refractivity contribution in [2.75, 3.05) is 5.32 Å². The van der Waals surface area contributed by atoms with E-state index >= 15 is 0 Å². The minimum absolute atomic E-state index is 0.575. The average Bonchev–Trinajstić information content (AvgIpc) is 2.72. The number of hydrogen-bond acceptors (Lipinski definition) is 5. The van der Waals surface area contributed by atoms with Crippen molar-refractivity contribution in [3.63, 3.8) is 0 Å². The molecule has 0 fully saturated rings. The van der Waals surface area contributed by atoms with Gasteiger partial charge in [-0.3, -0.25) is 0 Å². The third-order valence-electron chi connectivity index (χ3n) is 1.77. The van der Waals surface area contributed by atoms with E-state index in [1.807, 2.05) is 6.92 Å². The highest BCUT2D eigenvalue weighted by atomic mass is 79.9. The van der Waals surface area contributed by atoms with Crippen LogP contribution < -0.4 is 5.32 Å². The van der Waals surface area contributed by atoms with Crippen molar-refractivity contribution < 1.29 is 0 Å². The Labute approximate surface area is 94.7 Å². The van der Waals surface area contributed by atoms with Gasteiger partial charge in [-0.15, -0.1) is 0 Å². The van der Waals surface area contributed by atoms with Gasteiger partial charge in [-0.1, -0.05) is 0 Å². The van der Waals surface area contributed by atoms with Gasteiger partial charge in [0, 0.05) is 6.20 Å². The van der Waals surface area contributed by atoms with Gasteiger partial charge < -0.3 is 5.32 Å². The van der Waals surface area contributed by atoms with Crippen molar-refractivity contribution in [3.05, 3.63) is 28.4 Å². The predicted octanol–water partition coefficient (Wildman–Crippen LogP) is 1.28. The fraction of sp³-hybridized carbons (Fsp3) is 0.250. The molecule has 6 nitrogen and oxygen atoms in total. The van der Waals surface area contributed by atoms with Gasteiger partial charge in [0.05, 0.1) is 17.2 Å². The first-order valence-corrected chi connectivity index (χ1v) is 5.12. The molecule has 0 aliphatic carbocycles. The maximum atomic E-state index is 4.24. The topological polar surface area (TPSA) is 79.4 Å². The summed E-state index contributed by atoms with van der Waals surface area (Å²) in [5.74, 6) is 1.48. The van der Waals surface area contributed by atoms with Crippen LogP contribution in [0, 0.1) is 6.92 Å². The van der Waals surface area contributed by atoms with Crippen LogP contribution in [0.1, 0.15) is 11.5 Å². The van der Waals surface area contributed by atoms with Gasteiger partial charge in [0.1, 0.15) is 17.3 Å². The zero-order valence-corrected chi connectivity index (χ0v) is 9.61. The normalized spacial score (nSPS) is 10.3. The first kappa shape index (κ1) is 10.0. The molecule has 0 bridgehead atoms. The SMILES string of the molecule is Cc1ncc(Br)c(NCc2cn[nH]n2)n1. The molecule has 2 heterocycles. The maximum Gasteiger partial charge on any atom is 0.144 e. The molecule has 0 amide bonds. The lowest BCUT2D eigenvalue weighted by Gasteiger charge is -2.05. The highest BCUT2D eigenvalue weighted by molar-refractivity contribution is 9.10. The summed E-state index contributed by atoms with van der Waals surface area (Å²) < 4.78 is 0.830. The molecule has 2 rings (SSSR count). The van der Waals surface area contributed by atoms with Crippen LogP contribution in [0.15, 0.2) is 16.9 Å². The van der Waals surface area contributed by atoms with Crippen LogP contribution in [0.4, 0.5) is 5.82 Å². The molecule has 0 aliphatic rings. The van der Waals surface area contributed by atoms with Gasteiger partial charge in [-0.25, -0.2) is 9.97 Å². The second-order valence-electron chi connectivity index (χ2n) is 2.93.